The standard InChI is InChI=1S/C10H16Br2Cl2/c1-7(8(13)6-11)4-5-9(12)10(2,3)14/h4,8-9H,5-6H2,1-3H3. The molecule has 0 aliphatic rings. The van der Waals surface area contributed by atoms with Crippen molar-refractivity contribution in [3.8, 4) is 0 Å². The first kappa shape index (κ1) is 15.3. The number of allylic oxidation sites excluding steroid dienone is 2. The molecular weight excluding hydrogens is 351 g/mol. The first-order valence-electron chi connectivity index (χ1n) is 4.48. The van der Waals surface area contributed by atoms with Crippen molar-refractivity contribution in [2.45, 2.75) is 42.3 Å². The van der Waals surface area contributed by atoms with Gasteiger partial charge in [0.25, 0.3) is 0 Å². The van der Waals surface area contributed by atoms with Crippen LogP contribution in [0, 0.1) is 0 Å². The van der Waals surface area contributed by atoms with E-state index in [0.29, 0.717) is 0 Å². The SMILES string of the molecule is CC(=CCC(Br)C(C)(C)Cl)C(Cl)CBr. The maximum atomic E-state index is 6.16. The first-order chi connectivity index (χ1) is 6.29. The van der Waals surface area contributed by atoms with Crippen LogP contribution in [0.15, 0.2) is 11.6 Å². The van der Waals surface area contributed by atoms with Gasteiger partial charge in [-0.2, -0.15) is 0 Å². The highest BCUT2D eigenvalue weighted by atomic mass is 79.9. The molecule has 0 aromatic heterocycles. The molecule has 0 N–H and O–H groups in total. The van der Waals surface area contributed by atoms with E-state index in [1.54, 1.807) is 0 Å². The first-order valence-corrected chi connectivity index (χ1v) is 7.33. The van der Waals surface area contributed by atoms with Crippen molar-refractivity contribution in [1.29, 1.82) is 0 Å². The van der Waals surface area contributed by atoms with E-state index >= 15 is 0 Å². The van der Waals surface area contributed by atoms with Crippen molar-refractivity contribution in [3.05, 3.63) is 11.6 Å². The van der Waals surface area contributed by atoms with Crippen LogP contribution in [-0.4, -0.2) is 20.4 Å². The Hall–Kier alpha value is 1.28. The lowest BCUT2D eigenvalue weighted by Crippen LogP contribution is -2.24. The fourth-order valence-corrected chi connectivity index (χ4v) is 1.69. The van der Waals surface area contributed by atoms with Gasteiger partial charge in [0.15, 0.2) is 0 Å². The van der Waals surface area contributed by atoms with Gasteiger partial charge in [0, 0.05) is 10.2 Å². The summed E-state index contributed by atoms with van der Waals surface area (Å²) in [5, 5.41) is 0.863. The summed E-state index contributed by atoms with van der Waals surface area (Å²) in [4.78, 5) is 0.0401. The summed E-state index contributed by atoms with van der Waals surface area (Å²) in [6, 6.07) is 0. The highest BCUT2D eigenvalue weighted by Crippen LogP contribution is 2.28. The van der Waals surface area contributed by atoms with Gasteiger partial charge < -0.3 is 0 Å². The second kappa shape index (κ2) is 6.78. The minimum Gasteiger partial charge on any atom is -0.119 e. The molecule has 14 heavy (non-hydrogen) atoms. The Morgan fingerprint density at radius 2 is 2.00 bits per heavy atom. The summed E-state index contributed by atoms with van der Waals surface area (Å²) in [6.45, 7) is 6.04. The lowest BCUT2D eigenvalue weighted by Gasteiger charge is -2.22. The third kappa shape index (κ3) is 5.99. The molecule has 0 spiro atoms. The van der Waals surface area contributed by atoms with Gasteiger partial charge in [-0.05, 0) is 27.2 Å². The van der Waals surface area contributed by atoms with Gasteiger partial charge in [-0.1, -0.05) is 43.5 Å². The summed E-state index contributed by atoms with van der Waals surface area (Å²) < 4.78 is 0. The average molecular weight is 367 g/mol. The Balaban J connectivity index is 4.16. The molecule has 2 atom stereocenters. The normalized spacial score (nSPS) is 18.1. The van der Waals surface area contributed by atoms with Gasteiger partial charge in [-0.3, -0.25) is 0 Å². The van der Waals surface area contributed by atoms with Crippen LogP contribution in [0.2, 0.25) is 0 Å². The fraction of sp³-hybridized carbons (Fsp3) is 0.800. The lowest BCUT2D eigenvalue weighted by molar-refractivity contribution is 0.661. The van der Waals surface area contributed by atoms with Crippen LogP contribution in [0.1, 0.15) is 27.2 Å². The van der Waals surface area contributed by atoms with Crippen LogP contribution in [0.3, 0.4) is 0 Å². The van der Waals surface area contributed by atoms with Crippen molar-refractivity contribution in [1.82, 2.24) is 0 Å². The van der Waals surface area contributed by atoms with Crippen molar-refractivity contribution in [2.75, 3.05) is 5.33 Å². The second-order valence-corrected chi connectivity index (χ2v) is 7.09. The third-order valence-electron chi connectivity index (χ3n) is 2.02. The predicted octanol–water partition coefficient (Wildman–Crippen LogP) is 5.11. The Morgan fingerprint density at radius 3 is 2.36 bits per heavy atom. The maximum absolute atomic E-state index is 6.16. The molecule has 84 valence electrons. The summed E-state index contributed by atoms with van der Waals surface area (Å²) in [7, 11) is 0. The topological polar surface area (TPSA) is 0 Å². The molecule has 0 aromatic rings. The number of hydrogen-bond donors (Lipinski definition) is 0. The van der Waals surface area contributed by atoms with E-state index < -0.39 is 0 Å². The Kier molecular flexibility index (Phi) is 7.39. The molecule has 0 aromatic carbocycles. The molecule has 0 amide bonds. The molecule has 0 aliphatic carbocycles. The third-order valence-corrected chi connectivity index (χ3v) is 5.59. The van der Waals surface area contributed by atoms with Gasteiger partial charge >= 0.3 is 0 Å². The monoisotopic (exact) mass is 364 g/mol. The highest BCUT2D eigenvalue weighted by Gasteiger charge is 2.23. The van der Waals surface area contributed by atoms with Gasteiger partial charge in [-0.25, -0.2) is 0 Å². The molecular formula is C10H16Br2Cl2. The zero-order chi connectivity index (χ0) is 11.4. The van der Waals surface area contributed by atoms with Gasteiger partial charge in [0.1, 0.15) is 0 Å². The zero-order valence-corrected chi connectivity index (χ0v) is 13.3. The summed E-state index contributed by atoms with van der Waals surface area (Å²) >= 11 is 19.1. The van der Waals surface area contributed by atoms with E-state index in [1.165, 1.54) is 5.57 Å². The molecule has 4 heteroatoms. The molecule has 0 rings (SSSR count). The smallest absolute Gasteiger partial charge is 0.0639 e. The molecule has 0 aliphatic heterocycles. The largest absolute Gasteiger partial charge is 0.119 e. The summed E-state index contributed by atoms with van der Waals surface area (Å²) in [5.74, 6) is 0. The van der Waals surface area contributed by atoms with E-state index in [1.807, 2.05) is 20.8 Å². The van der Waals surface area contributed by atoms with E-state index in [2.05, 4.69) is 37.9 Å². The minimum atomic E-state index is -0.229. The van der Waals surface area contributed by atoms with Crippen molar-refractivity contribution < 1.29 is 0 Å². The van der Waals surface area contributed by atoms with Gasteiger partial charge in [-0.15, -0.1) is 23.2 Å². The number of rotatable bonds is 5. The number of hydrogen-bond acceptors (Lipinski definition) is 0. The lowest BCUT2D eigenvalue weighted by atomic mass is 10.0. The zero-order valence-electron chi connectivity index (χ0n) is 8.66. The molecule has 0 heterocycles. The molecule has 0 saturated carbocycles. The van der Waals surface area contributed by atoms with E-state index in [-0.39, 0.29) is 15.1 Å². The minimum absolute atomic E-state index is 0.0770. The van der Waals surface area contributed by atoms with Crippen molar-refractivity contribution in [3.63, 3.8) is 0 Å². The predicted molar refractivity (Wildman–Crippen MR) is 74.5 cm³/mol. The summed E-state index contributed by atoms with van der Waals surface area (Å²) in [5.41, 5.74) is 1.19. The van der Waals surface area contributed by atoms with Crippen molar-refractivity contribution in [2.24, 2.45) is 0 Å². The van der Waals surface area contributed by atoms with Crippen LogP contribution < -0.4 is 0 Å². The van der Waals surface area contributed by atoms with E-state index in [9.17, 15) is 0 Å². The Bertz CT molecular complexity index is 197. The van der Waals surface area contributed by atoms with Gasteiger partial charge in [0.2, 0.25) is 0 Å². The Morgan fingerprint density at radius 1 is 1.50 bits per heavy atom. The quantitative estimate of drug-likeness (QED) is 0.468. The van der Waals surface area contributed by atoms with Gasteiger partial charge in [0.05, 0.1) is 10.3 Å². The number of alkyl halides is 4. The Labute approximate surface area is 114 Å². The molecule has 0 radical (unpaired) electrons. The van der Waals surface area contributed by atoms with E-state index in [4.69, 9.17) is 23.2 Å². The molecule has 0 fully saturated rings. The highest BCUT2D eigenvalue weighted by molar-refractivity contribution is 9.09. The van der Waals surface area contributed by atoms with Crippen molar-refractivity contribution >= 4 is 55.1 Å². The number of halogens is 4. The second-order valence-electron chi connectivity index (χ2n) is 3.84. The van der Waals surface area contributed by atoms with E-state index in [0.717, 1.165) is 11.8 Å². The van der Waals surface area contributed by atoms with Crippen LogP contribution in [0.4, 0.5) is 0 Å². The maximum Gasteiger partial charge on any atom is 0.0639 e. The molecule has 0 bridgehead atoms. The average Bonchev–Trinajstić information content (AvgIpc) is 2.10. The van der Waals surface area contributed by atoms with Crippen LogP contribution in [0.5, 0.6) is 0 Å². The van der Waals surface area contributed by atoms with Crippen LogP contribution >= 0.6 is 55.1 Å². The van der Waals surface area contributed by atoms with Crippen LogP contribution in [0.25, 0.3) is 0 Å². The molecule has 0 nitrogen and oxygen atoms in total. The fourth-order valence-electron chi connectivity index (χ4n) is 0.819. The molecule has 0 saturated heterocycles. The van der Waals surface area contributed by atoms with Crippen LogP contribution in [-0.2, 0) is 0 Å². The molecule has 2 unspecified atom stereocenters. The summed E-state index contributed by atoms with van der Waals surface area (Å²) in [6.07, 6.45) is 3.04.